The monoisotopic (exact) mass is 153 g/mol. The third-order valence-corrected chi connectivity index (χ3v) is 1.29. The first-order chi connectivity index (χ1) is 5.20. The lowest BCUT2D eigenvalue weighted by molar-refractivity contribution is -0.119. The van der Waals surface area contributed by atoms with Gasteiger partial charge in [-0.15, -0.1) is 0 Å². The molecule has 0 spiro atoms. The van der Waals surface area contributed by atoms with Gasteiger partial charge in [-0.25, -0.2) is 0 Å². The number of anilines is 1. The first kappa shape index (κ1) is 7.85. The van der Waals surface area contributed by atoms with E-state index in [9.17, 15) is 4.79 Å². The van der Waals surface area contributed by atoms with Gasteiger partial charge >= 0.3 is 0 Å². The number of rotatable bonds is 2. The fourth-order valence-electron chi connectivity index (χ4n) is 0.615. The predicted octanol–water partition coefficient (Wildman–Crippen LogP) is 1.87. The smallest absolute Gasteiger partial charge is 0.229 e. The van der Waals surface area contributed by atoms with Crippen molar-refractivity contribution in [2.75, 3.05) is 5.32 Å². The van der Waals surface area contributed by atoms with Gasteiger partial charge in [0.05, 0.1) is 6.26 Å². The van der Waals surface area contributed by atoms with E-state index in [1.54, 1.807) is 12.1 Å². The molecule has 0 unspecified atom stereocenters. The maximum atomic E-state index is 11.0. The summed E-state index contributed by atoms with van der Waals surface area (Å²) in [5.41, 5.74) is 0. The summed E-state index contributed by atoms with van der Waals surface area (Å²) in [6, 6.07) is 3.44. The second kappa shape index (κ2) is 3.23. The molecule has 3 nitrogen and oxygen atoms in total. The fraction of sp³-hybridized carbons (Fsp3) is 0.375. The van der Waals surface area contributed by atoms with E-state index < -0.39 is 0 Å². The molecule has 1 rings (SSSR count). The average Bonchev–Trinajstić information content (AvgIpc) is 2.39. The Hall–Kier alpha value is -1.25. The summed E-state index contributed by atoms with van der Waals surface area (Å²) in [7, 11) is 0. The standard InChI is InChI=1S/C8H11NO2/c1-6(2)8(10)9-7-4-3-5-11-7/h3-6H,1-2H3,(H,9,10). The van der Waals surface area contributed by atoms with Crippen LogP contribution >= 0.6 is 0 Å². The molecule has 0 aliphatic heterocycles. The van der Waals surface area contributed by atoms with E-state index in [4.69, 9.17) is 4.42 Å². The highest BCUT2D eigenvalue weighted by Crippen LogP contribution is 2.07. The van der Waals surface area contributed by atoms with Gasteiger partial charge in [0.25, 0.3) is 0 Å². The Morgan fingerprint density at radius 1 is 1.64 bits per heavy atom. The Morgan fingerprint density at radius 3 is 2.82 bits per heavy atom. The molecule has 0 aromatic carbocycles. The van der Waals surface area contributed by atoms with Gasteiger partial charge in [0.1, 0.15) is 0 Å². The highest BCUT2D eigenvalue weighted by molar-refractivity contribution is 5.90. The molecule has 0 radical (unpaired) electrons. The molecule has 0 atom stereocenters. The molecule has 1 N–H and O–H groups in total. The molecule has 60 valence electrons. The number of carbonyl (C=O) groups is 1. The molecule has 1 amide bonds. The number of furan rings is 1. The lowest BCUT2D eigenvalue weighted by Crippen LogP contribution is -2.17. The summed E-state index contributed by atoms with van der Waals surface area (Å²) in [6.45, 7) is 3.66. The molecular weight excluding hydrogens is 142 g/mol. The summed E-state index contributed by atoms with van der Waals surface area (Å²) in [5, 5.41) is 2.62. The lowest BCUT2D eigenvalue weighted by atomic mass is 10.2. The molecule has 0 aliphatic rings. The molecule has 11 heavy (non-hydrogen) atoms. The molecular formula is C8H11NO2. The normalized spacial score (nSPS) is 10.1. The van der Waals surface area contributed by atoms with Crippen molar-refractivity contribution in [1.82, 2.24) is 0 Å². The molecule has 0 aliphatic carbocycles. The second-order valence-corrected chi connectivity index (χ2v) is 2.62. The van der Waals surface area contributed by atoms with Crippen molar-refractivity contribution < 1.29 is 9.21 Å². The van der Waals surface area contributed by atoms with Crippen molar-refractivity contribution in [3.05, 3.63) is 18.4 Å². The minimum atomic E-state index is -0.0278. The van der Waals surface area contributed by atoms with Gasteiger partial charge in [0.2, 0.25) is 5.91 Å². The summed E-state index contributed by atoms with van der Waals surface area (Å²) in [6.07, 6.45) is 1.52. The second-order valence-electron chi connectivity index (χ2n) is 2.62. The Bertz CT molecular complexity index is 226. The highest BCUT2D eigenvalue weighted by atomic mass is 16.3. The molecule has 3 heteroatoms. The number of amides is 1. The first-order valence-corrected chi connectivity index (χ1v) is 3.54. The minimum absolute atomic E-state index is 0.0138. The summed E-state index contributed by atoms with van der Waals surface area (Å²) in [5.74, 6) is 0.462. The minimum Gasteiger partial charge on any atom is -0.449 e. The Labute approximate surface area is 65.4 Å². The van der Waals surface area contributed by atoms with Gasteiger partial charge in [0, 0.05) is 12.0 Å². The van der Waals surface area contributed by atoms with Crippen LogP contribution in [0, 0.1) is 5.92 Å². The van der Waals surface area contributed by atoms with E-state index in [1.165, 1.54) is 6.26 Å². The molecule has 0 bridgehead atoms. The molecule has 1 aromatic heterocycles. The van der Waals surface area contributed by atoms with Gasteiger partial charge in [-0.2, -0.15) is 0 Å². The van der Waals surface area contributed by atoms with Gasteiger partial charge in [-0.05, 0) is 6.07 Å². The van der Waals surface area contributed by atoms with Crippen LogP contribution < -0.4 is 5.32 Å². The molecule has 1 aromatic rings. The van der Waals surface area contributed by atoms with Gasteiger partial charge in [-0.3, -0.25) is 10.1 Å². The van der Waals surface area contributed by atoms with Crippen LogP contribution in [-0.2, 0) is 4.79 Å². The van der Waals surface area contributed by atoms with Gasteiger partial charge in [-0.1, -0.05) is 13.8 Å². The topological polar surface area (TPSA) is 42.2 Å². The molecule has 1 heterocycles. The number of carbonyl (C=O) groups excluding carboxylic acids is 1. The van der Waals surface area contributed by atoms with Crippen molar-refractivity contribution in [3.63, 3.8) is 0 Å². The van der Waals surface area contributed by atoms with E-state index in [0.29, 0.717) is 5.88 Å². The third kappa shape index (κ3) is 2.11. The number of hydrogen-bond acceptors (Lipinski definition) is 2. The largest absolute Gasteiger partial charge is 0.449 e. The Balaban J connectivity index is 2.50. The van der Waals surface area contributed by atoms with Crippen LogP contribution in [0.4, 0.5) is 5.88 Å². The van der Waals surface area contributed by atoms with E-state index >= 15 is 0 Å². The lowest BCUT2D eigenvalue weighted by Gasteiger charge is -2.02. The van der Waals surface area contributed by atoms with Crippen LogP contribution in [0.25, 0.3) is 0 Å². The van der Waals surface area contributed by atoms with Crippen LogP contribution in [-0.4, -0.2) is 5.91 Å². The van der Waals surface area contributed by atoms with Crippen LogP contribution in [0.2, 0.25) is 0 Å². The van der Waals surface area contributed by atoms with Gasteiger partial charge < -0.3 is 4.42 Å². The molecule has 0 fully saturated rings. The number of hydrogen-bond donors (Lipinski definition) is 1. The zero-order valence-electron chi connectivity index (χ0n) is 6.63. The van der Waals surface area contributed by atoms with Crippen LogP contribution in [0.15, 0.2) is 22.8 Å². The van der Waals surface area contributed by atoms with E-state index in [1.807, 2.05) is 13.8 Å². The van der Waals surface area contributed by atoms with Crippen LogP contribution in [0.5, 0.6) is 0 Å². The van der Waals surface area contributed by atoms with Gasteiger partial charge in [0.15, 0.2) is 5.88 Å². The highest BCUT2D eigenvalue weighted by Gasteiger charge is 2.07. The Morgan fingerprint density at radius 2 is 2.36 bits per heavy atom. The van der Waals surface area contributed by atoms with E-state index in [2.05, 4.69) is 5.32 Å². The SMILES string of the molecule is CC(C)C(=O)Nc1ccco1. The zero-order valence-corrected chi connectivity index (χ0v) is 6.63. The van der Waals surface area contributed by atoms with Crippen molar-refractivity contribution >= 4 is 11.8 Å². The molecule has 0 saturated carbocycles. The first-order valence-electron chi connectivity index (χ1n) is 3.54. The van der Waals surface area contributed by atoms with Crippen LogP contribution in [0.3, 0.4) is 0 Å². The van der Waals surface area contributed by atoms with Crippen LogP contribution in [0.1, 0.15) is 13.8 Å². The quantitative estimate of drug-likeness (QED) is 0.704. The zero-order chi connectivity index (χ0) is 8.27. The van der Waals surface area contributed by atoms with Crippen molar-refractivity contribution in [1.29, 1.82) is 0 Å². The van der Waals surface area contributed by atoms with E-state index in [-0.39, 0.29) is 11.8 Å². The van der Waals surface area contributed by atoms with Crippen molar-refractivity contribution in [2.45, 2.75) is 13.8 Å². The maximum Gasteiger partial charge on any atom is 0.229 e. The Kier molecular flexibility index (Phi) is 2.31. The predicted molar refractivity (Wildman–Crippen MR) is 42.2 cm³/mol. The fourth-order valence-corrected chi connectivity index (χ4v) is 0.615. The summed E-state index contributed by atoms with van der Waals surface area (Å²) in [4.78, 5) is 11.0. The average molecular weight is 153 g/mol. The van der Waals surface area contributed by atoms with Crippen molar-refractivity contribution in [3.8, 4) is 0 Å². The number of nitrogens with one attached hydrogen (secondary N) is 1. The third-order valence-electron chi connectivity index (χ3n) is 1.29. The molecule has 0 saturated heterocycles. The summed E-state index contributed by atoms with van der Waals surface area (Å²) >= 11 is 0. The maximum absolute atomic E-state index is 11.0. The summed E-state index contributed by atoms with van der Waals surface area (Å²) < 4.78 is 4.92. The van der Waals surface area contributed by atoms with Crippen molar-refractivity contribution in [2.24, 2.45) is 5.92 Å². The van der Waals surface area contributed by atoms with E-state index in [0.717, 1.165) is 0 Å².